The Kier molecular flexibility index (Phi) is 22.4. The number of halogens is 5. The highest BCUT2D eigenvalue weighted by Crippen LogP contribution is 2.33. The third kappa shape index (κ3) is 18.5. The number of aromatic nitrogens is 8. The van der Waals surface area contributed by atoms with E-state index in [9.17, 15) is 58.4 Å². The van der Waals surface area contributed by atoms with E-state index in [-0.39, 0.29) is 68.0 Å². The maximum absolute atomic E-state index is 14.3. The fraction of sp³-hybridized carbons (Fsp3) is 0.333. The zero-order valence-electron chi connectivity index (χ0n) is 43.5. The number of hydrogen-bond acceptors (Lipinski definition) is 22. The first-order chi connectivity index (χ1) is 38.2. The Labute approximate surface area is 471 Å². The number of anilines is 2. The molecule has 0 radical (unpaired) electrons. The van der Waals surface area contributed by atoms with Crippen molar-refractivity contribution in [2.45, 2.75) is 66.7 Å². The van der Waals surface area contributed by atoms with Crippen molar-refractivity contribution in [2.24, 2.45) is 4.99 Å². The van der Waals surface area contributed by atoms with Crippen LogP contribution in [0.4, 0.5) is 44.7 Å². The smallest absolute Gasteiger partial charge is 0.389 e. The minimum absolute atomic E-state index is 0.0605. The summed E-state index contributed by atoms with van der Waals surface area (Å²) >= 11 is 8.17. The number of pyridine rings is 1. The van der Waals surface area contributed by atoms with Gasteiger partial charge in [-0.05, 0) is 73.4 Å². The van der Waals surface area contributed by atoms with Crippen molar-refractivity contribution in [1.82, 2.24) is 53.6 Å². The SMILES string of the molecule is COC(=O)CSc1cc(N=c2sc(=O)n3n2CCCC3)c(F)cc1Cl.COc1cc(OC)nc(NC(=O)NS(=O)(=O)c2ncccc2C(=O)N(C)C)n1.COc1nc(C)nc(NC(=O)NS(=O)(=O)c2ccccc2CCC(F)(F)F)n1. The molecule has 0 aliphatic carbocycles. The van der Waals surface area contributed by atoms with Gasteiger partial charge in [0.1, 0.15) is 17.3 Å². The van der Waals surface area contributed by atoms with Gasteiger partial charge in [0.15, 0.2) is 5.03 Å². The van der Waals surface area contributed by atoms with Crippen molar-refractivity contribution in [2.75, 3.05) is 58.9 Å². The van der Waals surface area contributed by atoms with Crippen molar-refractivity contribution >= 4 is 96.3 Å². The van der Waals surface area contributed by atoms with Crippen LogP contribution in [0.3, 0.4) is 0 Å². The summed E-state index contributed by atoms with van der Waals surface area (Å²) in [5.74, 6) is -1.63. The van der Waals surface area contributed by atoms with Gasteiger partial charge in [0.25, 0.3) is 26.0 Å². The number of methoxy groups -OCH3 is 4. The first-order valence-electron chi connectivity index (χ1n) is 22.9. The Morgan fingerprint density at radius 1 is 0.827 bits per heavy atom. The normalized spacial score (nSPS) is 12.2. The molecule has 5 amide bonds. The van der Waals surface area contributed by atoms with Crippen LogP contribution in [-0.4, -0.2) is 139 Å². The molecule has 4 N–H and O–H groups in total. The van der Waals surface area contributed by atoms with Gasteiger partial charge in [0.2, 0.25) is 28.5 Å². The number of carbonyl (C=O) groups excluding carboxylic acids is 4. The number of amides is 5. The van der Waals surface area contributed by atoms with E-state index in [1.165, 1.54) is 103 Å². The van der Waals surface area contributed by atoms with E-state index in [2.05, 4.69) is 50.3 Å². The van der Waals surface area contributed by atoms with Crippen LogP contribution in [0.5, 0.6) is 17.8 Å². The van der Waals surface area contributed by atoms with Crippen molar-refractivity contribution in [3.63, 3.8) is 0 Å². The van der Waals surface area contributed by atoms with E-state index in [4.69, 9.17) is 25.8 Å². The quantitative estimate of drug-likeness (QED) is 0.0557. The number of carbonyl (C=O) groups is 4. The average Bonchev–Trinajstić information content (AvgIpc) is 3.78. The number of rotatable bonds is 16. The van der Waals surface area contributed by atoms with Gasteiger partial charge in [-0.2, -0.15) is 46.5 Å². The molecule has 7 rings (SSSR count). The maximum atomic E-state index is 14.3. The van der Waals surface area contributed by atoms with Crippen molar-refractivity contribution in [3.05, 3.63) is 103 Å². The minimum atomic E-state index is -4.46. The van der Waals surface area contributed by atoms with Crippen LogP contribution in [0.1, 0.15) is 41.0 Å². The molecule has 0 spiro atoms. The number of nitrogens with zero attached hydrogens (tertiary/aromatic N) is 10. The molecular formula is C45H49ClF4N14O13S4. The number of esters is 1. The first kappa shape index (κ1) is 63.8. The molecule has 5 heterocycles. The summed E-state index contributed by atoms with van der Waals surface area (Å²) < 4.78 is 128. The number of hydrogen-bond donors (Lipinski definition) is 4. The van der Waals surface area contributed by atoms with Crippen LogP contribution in [-0.2, 0) is 49.1 Å². The molecule has 6 aromatic rings. The lowest BCUT2D eigenvalue weighted by Crippen LogP contribution is -2.36. The third-order valence-electron chi connectivity index (χ3n) is 10.2. The highest BCUT2D eigenvalue weighted by atomic mass is 35.5. The van der Waals surface area contributed by atoms with Crippen molar-refractivity contribution < 1.29 is 72.5 Å². The van der Waals surface area contributed by atoms with Crippen molar-refractivity contribution in [1.29, 1.82) is 0 Å². The lowest BCUT2D eigenvalue weighted by molar-refractivity contribution is -0.137. The molecule has 436 valence electrons. The summed E-state index contributed by atoms with van der Waals surface area (Å²) in [6, 6.07) is 9.36. The molecule has 0 fully saturated rings. The van der Waals surface area contributed by atoms with Crippen LogP contribution < -0.4 is 44.0 Å². The van der Waals surface area contributed by atoms with Crippen LogP contribution in [0.25, 0.3) is 0 Å². The second-order valence-corrected chi connectivity index (χ2v) is 21.8. The van der Waals surface area contributed by atoms with E-state index in [0.717, 1.165) is 48.1 Å². The predicted octanol–water partition coefficient (Wildman–Crippen LogP) is 5.09. The molecule has 36 heteroatoms. The van der Waals surface area contributed by atoms with Crippen LogP contribution >= 0.6 is 34.7 Å². The van der Waals surface area contributed by atoms with E-state index in [0.29, 0.717) is 22.8 Å². The van der Waals surface area contributed by atoms with E-state index >= 15 is 0 Å². The maximum Gasteiger partial charge on any atom is 0.389 e. The van der Waals surface area contributed by atoms with E-state index in [1.807, 2.05) is 0 Å². The summed E-state index contributed by atoms with van der Waals surface area (Å²) in [6.07, 6.45) is -3.11. The molecule has 0 atom stereocenters. The Hall–Kier alpha value is -8.02. The third-order valence-corrected chi connectivity index (χ3v) is 15.2. The van der Waals surface area contributed by atoms with Gasteiger partial charge in [-0.1, -0.05) is 29.8 Å². The van der Waals surface area contributed by atoms with Gasteiger partial charge in [-0.25, -0.2) is 46.5 Å². The number of urea groups is 2. The minimum Gasteiger partial charge on any atom is -0.481 e. The molecule has 0 saturated carbocycles. The molecule has 0 unspecified atom stereocenters. The molecule has 81 heavy (non-hydrogen) atoms. The van der Waals surface area contributed by atoms with Gasteiger partial charge in [-0.15, -0.1) is 11.8 Å². The highest BCUT2D eigenvalue weighted by molar-refractivity contribution is 8.00. The number of sulfonamides is 2. The van der Waals surface area contributed by atoms with Crippen molar-refractivity contribution in [3.8, 4) is 17.8 Å². The molecule has 4 aromatic heterocycles. The van der Waals surface area contributed by atoms with E-state index < -0.39 is 78.7 Å². The summed E-state index contributed by atoms with van der Waals surface area (Å²) in [7, 11) is -0.694. The summed E-state index contributed by atoms with van der Waals surface area (Å²) in [6.45, 7) is 2.83. The van der Waals surface area contributed by atoms with Gasteiger partial charge in [0, 0.05) is 44.7 Å². The average molecular weight is 1230 g/mol. The van der Waals surface area contributed by atoms with Gasteiger partial charge in [-0.3, -0.25) is 29.7 Å². The van der Waals surface area contributed by atoms with Crippen LogP contribution in [0, 0.1) is 12.7 Å². The van der Waals surface area contributed by atoms with E-state index in [1.54, 1.807) is 18.8 Å². The van der Waals surface area contributed by atoms with Crippen LogP contribution in [0.2, 0.25) is 5.02 Å². The molecule has 1 aliphatic rings. The topological polar surface area (TPSA) is 341 Å². The monoisotopic (exact) mass is 1230 g/mol. The number of aryl methyl sites for hydroxylation is 2. The Morgan fingerprint density at radius 3 is 2.05 bits per heavy atom. The fourth-order valence-electron chi connectivity index (χ4n) is 6.56. The van der Waals surface area contributed by atoms with Crippen LogP contribution in [0.15, 0.2) is 85.4 Å². The Morgan fingerprint density at radius 2 is 1.44 bits per heavy atom. The molecule has 1 aliphatic heterocycles. The highest BCUT2D eigenvalue weighted by Gasteiger charge is 2.30. The number of ether oxygens (including phenoxy) is 4. The predicted molar refractivity (Wildman–Crippen MR) is 283 cm³/mol. The second-order valence-electron chi connectivity index (χ2n) is 16.2. The lowest BCUT2D eigenvalue weighted by Gasteiger charge is -2.15. The van der Waals surface area contributed by atoms with Gasteiger partial charge >= 0.3 is 35.1 Å². The fourth-order valence-corrected chi connectivity index (χ4v) is 10.8. The molecule has 0 bridgehead atoms. The number of benzene rings is 2. The van der Waals surface area contributed by atoms with Gasteiger partial charge < -0.3 is 23.8 Å². The molecular weight excluding hydrogens is 1180 g/mol. The second kappa shape index (κ2) is 28.4. The zero-order chi connectivity index (χ0) is 59.8. The largest absolute Gasteiger partial charge is 0.481 e. The number of alkyl halides is 3. The number of nitrogens with one attached hydrogen (secondary N) is 4. The first-order valence-corrected chi connectivity index (χ1v) is 28.1. The summed E-state index contributed by atoms with van der Waals surface area (Å²) in [4.78, 5) is 88.4. The molecule has 2 aromatic carbocycles. The van der Waals surface area contributed by atoms with Gasteiger partial charge in [0.05, 0.1) is 55.7 Å². The summed E-state index contributed by atoms with van der Waals surface area (Å²) in [5, 5.41) is 3.87. The lowest BCUT2D eigenvalue weighted by atomic mass is 10.1. The molecule has 0 saturated heterocycles. The number of fused-ring (bicyclic) bond motifs is 1. The molecule has 27 nitrogen and oxygen atoms in total. The zero-order valence-corrected chi connectivity index (χ0v) is 47.5. The number of thioether (sulfide) groups is 1. The Bertz CT molecular complexity index is 3620. The summed E-state index contributed by atoms with van der Waals surface area (Å²) in [5.41, 5.74) is -0.176. The Balaban J connectivity index is 0.000000223. The standard InChI is InChI=1S/C15H15ClFN3O3S2.C15H16F3N5O4S.C15H18N6O6S/c1-23-13(21)8-24-12-7-11(10(17)6-9(12)16)18-14-19-4-2-3-5-20(19)15(22)25-14;1-9-19-12(22-14(20-9)27-2)21-13(24)23-28(25,26)11-6-4-3-5-10(11)7-8-15(16,17)18;1-21(2)13(22)9-6-5-7-16-12(9)28(24,25)20-15(23)19-14-17-10(26-3)8-11(18-14)27-4/h6-7H,2-5,8H2,1H3;3-6H,7-8H2,1-2H3,(H2,19,20,21,22,23,24);5-8H,1-4H3,(H2,17,18,19,20,23).